The van der Waals surface area contributed by atoms with E-state index in [1.165, 1.54) is 11.1 Å². The molecule has 4 rings (SSSR count). The first kappa shape index (κ1) is 15.0. The molecule has 0 amide bonds. The van der Waals surface area contributed by atoms with E-state index in [0.717, 1.165) is 47.4 Å². The lowest BCUT2D eigenvalue weighted by atomic mass is 9.88. The van der Waals surface area contributed by atoms with Gasteiger partial charge in [-0.25, -0.2) is 0 Å². The van der Waals surface area contributed by atoms with Gasteiger partial charge in [-0.1, -0.05) is 43.3 Å². The highest BCUT2D eigenvalue weighted by Gasteiger charge is 2.25. The average molecular weight is 319 g/mol. The molecule has 0 radical (unpaired) electrons. The predicted molar refractivity (Wildman–Crippen MR) is 95.0 cm³/mol. The Hall–Kier alpha value is -2.55. The standard InChI is InChI=1S/C21H21NO2/c1-13(2)11-14-3-5-15(6-4-14)21-19-9-7-16-12-17(23)8-10-18(16)20(19)22-24-21/h3-6,8,10,12-13,23H,7,9,11H2,1-2H3. The van der Waals surface area contributed by atoms with Crippen LogP contribution in [0, 0.1) is 5.92 Å². The number of phenolic OH excluding ortho intramolecular Hbond substituents is 1. The van der Waals surface area contributed by atoms with Gasteiger partial charge in [0.25, 0.3) is 0 Å². The Morgan fingerprint density at radius 1 is 1.08 bits per heavy atom. The maximum absolute atomic E-state index is 9.66. The summed E-state index contributed by atoms with van der Waals surface area (Å²) in [5.41, 5.74) is 6.72. The maximum Gasteiger partial charge on any atom is 0.170 e. The number of nitrogens with zero attached hydrogens (tertiary/aromatic N) is 1. The molecule has 0 bridgehead atoms. The smallest absolute Gasteiger partial charge is 0.170 e. The number of benzene rings is 2. The number of fused-ring (bicyclic) bond motifs is 3. The normalized spacial score (nSPS) is 13.0. The van der Waals surface area contributed by atoms with Gasteiger partial charge in [-0.2, -0.15) is 0 Å². The molecule has 3 aromatic rings. The van der Waals surface area contributed by atoms with Crippen LogP contribution in [-0.4, -0.2) is 10.3 Å². The second-order valence-corrected chi connectivity index (χ2v) is 6.98. The molecule has 1 heterocycles. The zero-order chi connectivity index (χ0) is 16.7. The van der Waals surface area contributed by atoms with Gasteiger partial charge in [-0.3, -0.25) is 0 Å². The van der Waals surface area contributed by atoms with Crippen molar-refractivity contribution in [3.05, 3.63) is 59.2 Å². The minimum Gasteiger partial charge on any atom is -0.508 e. The molecule has 1 N–H and O–H groups in total. The molecule has 0 saturated carbocycles. The molecule has 0 spiro atoms. The van der Waals surface area contributed by atoms with Crippen molar-refractivity contribution in [2.75, 3.05) is 0 Å². The van der Waals surface area contributed by atoms with E-state index >= 15 is 0 Å². The molecule has 3 nitrogen and oxygen atoms in total. The molecule has 0 fully saturated rings. The first-order valence-electron chi connectivity index (χ1n) is 8.52. The van der Waals surface area contributed by atoms with Gasteiger partial charge in [0.05, 0.1) is 0 Å². The molecule has 1 aromatic heterocycles. The summed E-state index contributed by atoms with van der Waals surface area (Å²) < 4.78 is 5.70. The predicted octanol–water partition coefficient (Wildman–Crippen LogP) is 5.01. The van der Waals surface area contributed by atoms with Gasteiger partial charge < -0.3 is 9.63 Å². The van der Waals surface area contributed by atoms with Crippen molar-refractivity contribution in [1.29, 1.82) is 0 Å². The fraction of sp³-hybridized carbons (Fsp3) is 0.286. The number of phenols is 1. The molecule has 122 valence electrons. The maximum atomic E-state index is 9.66. The Morgan fingerprint density at radius 3 is 2.62 bits per heavy atom. The van der Waals surface area contributed by atoms with E-state index < -0.39 is 0 Å². The minimum absolute atomic E-state index is 0.307. The Morgan fingerprint density at radius 2 is 1.88 bits per heavy atom. The summed E-state index contributed by atoms with van der Waals surface area (Å²) in [4.78, 5) is 0. The highest BCUT2D eigenvalue weighted by atomic mass is 16.5. The van der Waals surface area contributed by atoms with Crippen molar-refractivity contribution >= 4 is 0 Å². The highest BCUT2D eigenvalue weighted by Crippen LogP contribution is 2.39. The van der Waals surface area contributed by atoms with Crippen molar-refractivity contribution in [2.24, 2.45) is 5.92 Å². The van der Waals surface area contributed by atoms with Crippen LogP contribution in [0.2, 0.25) is 0 Å². The SMILES string of the molecule is CC(C)Cc1ccc(-c2onc3c2CCc2cc(O)ccc2-3)cc1. The minimum atomic E-state index is 0.307. The Bertz CT molecular complexity index is 875. The van der Waals surface area contributed by atoms with Crippen molar-refractivity contribution in [3.63, 3.8) is 0 Å². The van der Waals surface area contributed by atoms with Crippen LogP contribution in [0.15, 0.2) is 47.0 Å². The summed E-state index contributed by atoms with van der Waals surface area (Å²) in [6.07, 6.45) is 2.88. The zero-order valence-electron chi connectivity index (χ0n) is 14.0. The summed E-state index contributed by atoms with van der Waals surface area (Å²) in [5.74, 6) is 1.84. The van der Waals surface area contributed by atoms with E-state index in [-0.39, 0.29) is 0 Å². The lowest BCUT2D eigenvalue weighted by molar-refractivity contribution is 0.434. The van der Waals surface area contributed by atoms with Gasteiger partial charge in [0.15, 0.2) is 5.76 Å². The molecule has 0 unspecified atom stereocenters. The van der Waals surface area contributed by atoms with Gasteiger partial charge in [-0.05, 0) is 54.5 Å². The van der Waals surface area contributed by atoms with Crippen LogP contribution in [0.1, 0.15) is 30.5 Å². The van der Waals surface area contributed by atoms with Crippen molar-refractivity contribution in [2.45, 2.75) is 33.1 Å². The number of rotatable bonds is 3. The first-order chi connectivity index (χ1) is 11.6. The third-order valence-corrected chi connectivity index (χ3v) is 4.64. The van der Waals surface area contributed by atoms with E-state index in [2.05, 4.69) is 43.3 Å². The van der Waals surface area contributed by atoms with Crippen molar-refractivity contribution < 1.29 is 9.63 Å². The number of aryl methyl sites for hydroxylation is 1. The second-order valence-electron chi connectivity index (χ2n) is 6.98. The topological polar surface area (TPSA) is 46.3 Å². The lowest BCUT2D eigenvalue weighted by Crippen LogP contribution is -2.03. The van der Waals surface area contributed by atoms with Gasteiger partial charge in [0, 0.05) is 16.7 Å². The summed E-state index contributed by atoms with van der Waals surface area (Å²) in [7, 11) is 0. The van der Waals surface area contributed by atoms with Crippen LogP contribution in [0.3, 0.4) is 0 Å². The van der Waals surface area contributed by atoms with Crippen LogP contribution >= 0.6 is 0 Å². The molecule has 24 heavy (non-hydrogen) atoms. The zero-order valence-corrected chi connectivity index (χ0v) is 14.0. The molecule has 0 atom stereocenters. The number of aromatic nitrogens is 1. The fourth-order valence-corrected chi connectivity index (χ4v) is 3.52. The Balaban J connectivity index is 1.71. The lowest BCUT2D eigenvalue weighted by Gasteiger charge is -2.15. The van der Waals surface area contributed by atoms with Gasteiger partial charge in [-0.15, -0.1) is 0 Å². The third kappa shape index (κ3) is 2.60. The molecule has 3 heteroatoms. The Kier molecular flexibility index (Phi) is 3.64. The molecular weight excluding hydrogens is 298 g/mol. The van der Waals surface area contributed by atoms with Crippen LogP contribution in [0.4, 0.5) is 0 Å². The summed E-state index contributed by atoms with van der Waals surface area (Å²) in [6, 6.07) is 14.1. The summed E-state index contributed by atoms with van der Waals surface area (Å²) >= 11 is 0. The molecule has 1 aliphatic carbocycles. The fourth-order valence-electron chi connectivity index (χ4n) is 3.52. The van der Waals surface area contributed by atoms with E-state index in [9.17, 15) is 5.11 Å². The first-order valence-corrected chi connectivity index (χ1v) is 8.52. The second kappa shape index (κ2) is 5.82. The molecular formula is C21H21NO2. The average Bonchev–Trinajstić information content (AvgIpc) is 2.99. The van der Waals surface area contributed by atoms with Crippen LogP contribution in [0.25, 0.3) is 22.6 Å². The van der Waals surface area contributed by atoms with E-state index in [1.807, 2.05) is 12.1 Å². The van der Waals surface area contributed by atoms with Gasteiger partial charge in [0.2, 0.25) is 0 Å². The summed E-state index contributed by atoms with van der Waals surface area (Å²) in [5, 5.41) is 14.0. The van der Waals surface area contributed by atoms with Crippen molar-refractivity contribution in [1.82, 2.24) is 5.16 Å². The summed E-state index contributed by atoms with van der Waals surface area (Å²) in [6.45, 7) is 4.46. The third-order valence-electron chi connectivity index (χ3n) is 4.64. The van der Waals surface area contributed by atoms with Crippen LogP contribution in [-0.2, 0) is 19.3 Å². The number of hydrogen-bond acceptors (Lipinski definition) is 3. The van der Waals surface area contributed by atoms with Crippen molar-refractivity contribution in [3.8, 4) is 28.3 Å². The van der Waals surface area contributed by atoms with Crippen LogP contribution in [0.5, 0.6) is 5.75 Å². The number of aromatic hydroxyl groups is 1. The van der Waals surface area contributed by atoms with E-state index in [1.54, 1.807) is 6.07 Å². The van der Waals surface area contributed by atoms with Gasteiger partial charge >= 0.3 is 0 Å². The highest BCUT2D eigenvalue weighted by molar-refractivity contribution is 5.77. The van der Waals surface area contributed by atoms with E-state index in [0.29, 0.717) is 11.7 Å². The van der Waals surface area contributed by atoms with E-state index in [4.69, 9.17) is 4.52 Å². The molecule has 0 saturated heterocycles. The molecule has 2 aromatic carbocycles. The molecule has 0 aliphatic heterocycles. The quantitative estimate of drug-likeness (QED) is 0.738. The van der Waals surface area contributed by atoms with Crippen LogP contribution < -0.4 is 0 Å². The molecule has 1 aliphatic rings. The number of hydrogen-bond donors (Lipinski definition) is 1. The Labute approximate surface area is 141 Å². The van der Waals surface area contributed by atoms with Gasteiger partial charge in [0.1, 0.15) is 11.4 Å². The monoisotopic (exact) mass is 319 g/mol. The largest absolute Gasteiger partial charge is 0.508 e.